The molecule has 0 aromatic heterocycles. The Kier molecular flexibility index (Phi) is 1.91. The van der Waals surface area contributed by atoms with Crippen LogP contribution in [0.15, 0.2) is 23.1 Å². The highest BCUT2D eigenvalue weighted by atomic mass is 127. The number of ether oxygens (including phenoxy) is 1. The second-order valence-electron chi connectivity index (χ2n) is 2.99. The summed E-state index contributed by atoms with van der Waals surface area (Å²) in [5, 5.41) is 0. The molecular formula is C8H9IO2S. The first kappa shape index (κ1) is 8.50. The molecule has 12 heavy (non-hydrogen) atoms. The third-order valence-electron chi connectivity index (χ3n) is 1.90. The maximum Gasteiger partial charge on any atom is 0.145 e. The van der Waals surface area contributed by atoms with Crippen LogP contribution in [0.4, 0.5) is 0 Å². The van der Waals surface area contributed by atoms with Crippen LogP contribution in [0.5, 0.6) is 5.75 Å². The molecule has 66 valence electrons. The summed E-state index contributed by atoms with van der Waals surface area (Å²) in [6.45, 7) is 0. The molecular weight excluding hydrogens is 287 g/mol. The van der Waals surface area contributed by atoms with Crippen molar-refractivity contribution in [2.24, 2.45) is 0 Å². The van der Waals surface area contributed by atoms with Crippen molar-refractivity contribution in [3.63, 3.8) is 0 Å². The predicted octanol–water partition coefficient (Wildman–Crippen LogP) is 1.65. The monoisotopic (exact) mass is 296 g/mol. The lowest BCUT2D eigenvalue weighted by molar-refractivity contribution is 0.393. The zero-order valence-corrected chi connectivity index (χ0v) is 9.63. The Labute approximate surface area is 85.9 Å². The van der Waals surface area contributed by atoms with Crippen molar-refractivity contribution < 1.29 is 8.95 Å². The third kappa shape index (κ3) is 1.26. The van der Waals surface area contributed by atoms with Gasteiger partial charge < -0.3 is 4.74 Å². The van der Waals surface area contributed by atoms with Gasteiger partial charge in [0.2, 0.25) is 0 Å². The van der Waals surface area contributed by atoms with Crippen LogP contribution in [0.1, 0.15) is 0 Å². The standard InChI is InChI=1S/C8H9IO2S/c1-12(10)5-11-7-3-2-6(9)4-8(7)12/h2-4,12H,5H2,1H3. The highest BCUT2D eigenvalue weighted by Gasteiger charge is 2.25. The second kappa shape index (κ2) is 2.70. The van der Waals surface area contributed by atoms with Crippen molar-refractivity contribution in [3.05, 3.63) is 21.8 Å². The van der Waals surface area contributed by atoms with Gasteiger partial charge in [-0.15, -0.1) is 0 Å². The van der Waals surface area contributed by atoms with E-state index in [9.17, 15) is 4.21 Å². The molecule has 0 amide bonds. The Morgan fingerprint density at radius 2 is 2.33 bits per heavy atom. The second-order valence-corrected chi connectivity index (χ2v) is 7.17. The van der Waals surface area contributed by atoms with Crippen LogP contribution in [-0.4, -0.2) is 16.4 Å². The summed E-state index contributed by atoms with van der Waals surface area (Å²) in [7, 11) is -2.19. The molecule has 1 aliphatic rings. The molecule has 0 fully saturated rings. The smallest absolute Gasteiger partial charge is 0.145 e. The first-order valence-electron chi connectivity index (χ1n) is 3.59. The fraction of sp³-hybridized carbons (Fsp3) is 0.250. The molecule has 1 heterocycles. The normalized spacial score (nSPS) is 21.2. The van der Waals surface area contributed by atoms with Crippen LogP contribution in [0.2, 0.25) is 0 Å². The van der Waals surface area contributed by atoms with Gasteiger partial charge in [0.25, 0.3) is 0 Å². The van der Waals surface area contributed by atoms with Crippen molar-refractivity contribution in [2.45, 2.75) is 4.90 Å². The van der Waals surface area contributed by atoms with E-state index in [4.69, 9.17) is 4.74 Å². The van der Waals surface area contributed by atoms with Crippen LogP contribution in [-0.2, 0) is 9.93 Å². The minimum absolute atomic E-state index is 0.364. The van der Waals surface area contributed by atoms with Gasteiger partial charge in [-0.1, -0.05) is 0 Å². The van der Waals surface area contributed by atoms with Crippen LogP contribution in [0, 0.1) is 3.57 Å². The van der Waals surface area contributed by atoms with E-state index in [0.717, 1.165) is 14.2 Å². The molecule has 2 rings (SSSR count). The van der Waals surface area contributed by atoms with E-state index in [0.29, 0.717) is 5.94 Å². The van der Waals surface area contributed by atoms with Crippen LogP contribution in [0.3, 0.4) is 0 Å². The van der Waals surface area contributed by atoms with Crippen LogP contribution in [0.25, 0.3) is 0 Å². The summed E-state index contributed by atoms with van der Waals surface area (Å²) in [6, 6.07) is 5.80. The number of fused-ring (bicyclic) bond motifs is 1. The van der Waals surface area contributed by atoms with Gasteiger partial charge in [-0.05, 0) is 57.0 Å². The summed E-state index contributed by atoms with van der Waals surface area (Å²) in [5.41, 5.74) is 0. The van der Waals surface area contributed by atoms with Gasteiger partial charge in [0.05, 0.1) is 4.90 Å². The fourth-order valence-corrected chi connectivity index (χ4v) is 3.52. The van der Waals surface area contributed by atoms with Gasteiger partial charge in [-0.25, -0.2) is 0 Å². The molecule has 4 heteroatoms. The van der Waals surface area contributed by atoms with Crippen molar-refractivity contribution >= 4 is 32.5 Å². The molecule has 1 aromatic carbocycles. The van der Waals surface area contributed by atoms with E-state index in [1.807, 2.05) is 18.2 Å². The minimum atomic E-state index is -2.19. The van der Waals surface area contributed by atoms with Gasteiger partial charge in [-0.3, -0.25) is 4.21 Å². The van der Waals surface area contributed by atoms with E-state index >= 15 is 0 Å². The molecule has 0 saturated heterocycles. The first-order valence-corrected chi connectivity index (χ1v) is 7.01. The average molecular weight is 296 g/mol. The summed E-state index contributed by atoms with van der Waals surface area (Å²) in [4.78, 5) is 0.898. The lowest BCUT2D eigenvalue weighted by Crippen LogP contribution is -2.10. The molecule has 0 saturated carbocycles. The molecule has 0 aliphatic carbocycles. The minimum Gasteiger partial charge on any atom is -0.481 e. The lowest BCUT2D eigenvalue weighted by Gasteiger charge is -2.07. The maximum atomic E-state index is 11.9. The van der Waals surface area contributed by atoms with E-state index in [1.165, 1.54) is 0 Å². The number of rotatable bonds is 0. The molecule has 0 unspecified atom stereocenters. The van der Waals surface area contributed by atoms with E-state index in [1.54, 1.807) is 6.26 Å². The Hall–Kier alpha value is -0.100. The topological polar surface area (TPSA) is 26.3 Å². The number of thiol groups is 1. The van der Waals surface area contributed by atoms with Crippen molar-refractivity contribution in [1.29, 1.82) is 0 Å². The van der Waals surface area contributed by atoms with E-state index < -0.39 is 9.93 Å². The molecule has 1 aliphatic heterocycles. The van der Waals surface area contributed by atoms with E-state index in [2.05, 4.69) is 22.6 Å². The van der Waals surface area contributed by atoms with Crippen LogP contribution >= 0.6 is 22.6 Å². The summed E-state index contributed by atoms with van der Waals surface area (Å²) < 4.78 is 18.3. The van der Waals surface area contributed by atoms with Gasteiger partial charge in [0.1, 0.15) is 11.7 Å². The zero-order chi connectivity index (χ0) is 8.77. The van der Waals surface area contributed by atoms with Crippen molar-refractivity contribution in [3.8, 4) is 5.75 Å². The number of halogens is 1. The molecule has 1 aromatic rings. The molecule has 0 atom stereocenters. The van der Waals surface area contributed by atoms with Gasteiger partial charge in [0.15, 0.2) is 0 Å². The van der Waals surface area contributed by atoms with Gasteiger partial charge in [-0.2, -0.15) is 0 Å². The maximum absolute atomic E-state index is 11.9. The van der Waals surface area contributed by atoms with E-state index in [-0.39, 0.29) is 0 Å². The Bertz CT molecular complexity index is 375. The fourth-order valence-electron chi connectivity index (χ4n) is 1.24. The first-order chi connectivity index (χ1) is 5.59. The van der Waals surface area contributed by atoms with Crippen molar-refractivity contribution in [1.82, 2.24) is 0 Å². The summed E-state index contributed by atoms with van der Waals surface area (Å²) >= 11 is 2.21. The lowest BCUT2D eigenvalue weighted by atomic mass is 10.3. The molecule has 0 N–H and O–H groups in total. The van der Waals surface area contributed by atoms with Crippen LogP contribution < -0.4 is 4.74 Å². The summed E-state index contributed by atoms with van der Waals surface area (Å²) in [5.74, 6) is 1.16. The predicted molar refractivity (Wildman–Crippen MR) is 58.4 cm³/mol. The SMILES string of the molecule is C[SH]1(=O)COc2ccc(I)cc21. The third-order valence-corrected chi connectivity index (χ3v) is 4.56. The zero-order valence-electron chi connectivity index (χ0n) is 6.58. The molecule has 0 spiro atoms. The Morgan fingerprint density at radius 1 is 1.58 bits per heavy atom. The largest absolute Gasteiger partial charge is 0.481 e. The quantitative estimate of drug-likeness (QED) is 0.582. The Morgan fingerprint density at radius 3 is 3.08 bits per heavy atom. The molecule has 0 bridgehead atoms. The highest BCUT2D eigenvalue weighted by molar-refractivity contribution is 14.1. The number of hydrogen-bond acceptors (Lipinski definition) is 2. The molecule has 0 radical (unpaired) electrons. The number of benzene rings is 1. The van der Waals surface area contributed by atoms with Gasteiger partial charge in [0, 0.05) is 3.57 Å². The highest BCUT2D eigenvalue weighted by Crippen LogP contribution is 2.35. The summed E-state index contributed by atoms with van der Waals surface area (Å²) in [6.07, 6.45) is 1.77. The molecule has 2 nitrogen and oxygen atoms in total. The van der Waals surface area contributed by atoms with Gasteiger partial charge >= 0.3 is 0 Å². The average Bonchev–Trinajstić information content (AvgIpc) is 2.28. The van der Waals surface area contributed by atoms with Crippen molar-refractivity contribution in [2.75, 3.05) is 12.2 Å². The Balaban J connectivity index is 2.65. The number of hydrogen-bond donors (Lipinski definition) is 1.